The van der Waals surface area contributed by atoms with Crippen LogP contribution in [0.5, 0.6) is 0 Å². The summed E-state index contributed by atoms with van der Waals surface area (Å²) in [6, 6.07) is 7.89. The highest BCUT2D eigenvalue weighted by atomic mass is 79.9. The van der Waals surface area contributed by atoms with Crippen molar-refractivity contribution >= 4 is 27.0 Å². The largest absolute Gasteiger partial charge is 0.441 e. The number of halogens is 1. The second-order valence-corrected chi connectivity index (χ2v) is 5.95. The molecule has 1 aromatic carbocycles. The minimum absolute atomic E-state index is 0.380. The van der Waals surface area contributed by atoms with Crippen molar-refractivity contribution in [2.75, 3.05) is 13.2 Å². The first-order chi connectivity index (χ1) is 8.83. The van der Waals surface area contributed by atoms with Crippen LogP contribution in [0.2, 0.25) is 0 Å². The van der Waals surface area contributed by atoms with Gasteiger partial charge in [-0.3, -0.25) is 0 Å². The first-order valence-electron chi connectivity index (χ1n) is 6.39. The lowest BCUT2D eigenvalue weighted by Gasteiger charge is -2.25. The van der Waals surface area contributed by atoms with Crippen LogP contribution in [-0.2, 0) is 11.2 Å². The van der Waals surface area contributed by atoms with E-state index in [2.05, 4.69) is 20.9 Å². The van der Waals surface area contributed by atoms with Gasteiger partial charge in [0.1, 0.15) is 5.52 Å². The Morgan fingerprint density at radius 2 is 2.28 bits per heavy atom. The number of oxazole rings is 1. The molecule has 1 fully saturated rings. The molecule has 2 unspecified atom stereocenters. The van der Waals surface area contributed by atoms with Gasteiger partial charge in [-0.25, -0.2) is 4.98 Å². The van der Waals surface area contributed by atoms with E-state index in [4.69, 9.17) is 9.15 Å². The SMILES string of the molecule is BrC(Cc1nc2ccccc2o1)C1CCCOC1. The van der Waals surface area contributed by atoms with Crippen LogP contribution in [-0.4, -0.2) is 23.0 Å². The molecular formula is C14H16BrNO2. The van der Waals surface area contributed by atoms with Gasteiger partial charge in [0.2, 0.25) is 0 Å². The Morgan fingerprint density at radius 1 is 1.39 bits per heavy atom. The average molecular weight is 310 g/mol. The van der Waals surface area contributed by atoms with Gasteiger partial charge in [-0.2, -0.15) is 0 Å². The van der Waals surface area contributed by atoms with E-state index in [0.717, 1.165) is 43.0 Å². The summed E-state index contributed by atoms with van der Waals surface area (Å²) in [5.74, 6) is 1.37. The molecule has 0 saturated carbocycles. The van der Waals surface area contributed by atoms with Gasteiger partial charge < -0.3 is 9.15 Å². The van der Waals surface area contributed by atoms with E-state index in [9.17, 15) is 0 Å². The van der Waals surface area contributed by atoms with Gasteiger partial charge in [0.05, 0.1) is 6.61 Å². The average Bonchev–Trinajstić information content (AvgIpc) is 2.82. The minimum Gasteiger partial charge on any atom is -0.441 e. The molecule has 2 atom stereocenters. The lowest BCUT2D eigenvalue weighted by atomic mass is 9.97. The number of nitrogens with zero attached hydrogens (tertiary/aromatic N) is 1. The third kappa shape index (κ3) is 2.59. The van der Waals surface area contributed by atoms with E-state index < -0.39 is 0 Å². The maximum Gasteiger partial charge on any atom is 0.196 e. The van der Waals surface area contributed by atoms with Crippen LogP contribution in [0, 0.1) is 5.92 Å². The number of fused-ring (bicyclic) bond motifs is 1. The van der Waals surface area contributed by atoms with E-state index in [1.54, 1.807) is 0 Å². The zero-order chi connectivity index (χ0) is 12.4. The predicted molar refractivity (Wildman–Crippen MR) is 74.0 cm³/mol. The topological polar surface area (TPSA) is 35.3 Å². The molecule has 18 heavy (non-hydrogen) atoms. The van der Waals surface area contributed by atoms with E-state index >= 15 is 0 Å². The lowest BCUT2D eigenvalue weighted by molar-refractivity contribution is 0.0542. The number of hydrogen-bond donors (Lipinski definition) is 0. The molecule has 0 spiro atoms. The Bertz CT molecular complexity index is 486. The van der Waals surface area contributed by atoms with Gasteiger partial charge in [0, 0.05) is 17.9 Å². The van der Waals surface area contributed by atoms with Crippen molar-refractivity contribution in [3.63, 3.8) is 0 Å². The number of hydrogen-bond acceptors (Lipinski definition) is 3. The third-order valence-electron chi connectivity index (χ3n) is 3.41. The molecule has 0 bridgehead atoms. The van der Waals surface area contributed by atoms with E-state index in [0.29, 0.717) is 10.7 Å². The first-order valence-corrected chi connectivity index (χ1v) is 7.31. The zero-order valence-electron chi connectivity index (χ0n) is 10.1. The zero-order valence-corrected chi connectivity index (χ0v) is 11.7. The van der Waals surface area contributed by atoms with Gasteiger partial charge in [0.25, 0.3) is 0 Å². The fourth-order valence-corrected chi connectivity index (χ4v) is 3.09. The molecule has 2 aromatic rings. The number of benzene rings is 1. The summed E-state index contributed by atoms with van der Waals surface area (Å²) in [6.45, 7) is 1.75. The first kappa shape index (κ1) is 12.2. The molecule has 4 heteroatoms. The monoisotopic (exact) mass is 309 g/mol. The molecule has 1 aliphatic heterocycles. The second kappa shape index (κ2) is 5.41. The van der Waals surface area contributed by atoms with Crippen LogP contribution in [0.3, 0.4) is 0 Å². The van der Waals surface area contributed by atoms with Crippen LogP contribution in [0.15, 0.2) is 28.7 Å². The standard InChI is InChI=1S/C14H16BrNO2/c15-11(10-4-3-7-17-9-10)8-14-16-12-5-1-2-6-13(12)18-14/h1-2,5-6,10-11H,3-4,7-9H2. The molecule has 96 valence electrons. The summed E-state index contributed by atoms with van der Waals surface area (Å²) in [5.41, 5.74) is 1.80. The Kier molecular flexibility index (Phi) is 3.66. The van der Waals surface area contributed by atoms with Crippen molar-refractivity contribution in [2.24, 2.45) is 5.92 Å². The van der Waals surface area contributed by atoms with Crippen LogP contribution >= 0.6 is 15.9 Å². The predicted octanol–water partition coefficient (Wildman–Crippen LogP) is 3.56. The summed E-state index contributed by atoms with van der Waals surface area (Å²) in [7, 11) is 0. The van der Waals surface area contributed by atoms with Crippen LogP contribution in [0.25, 0.3) is 11.1 Å². The molecule has 1 aromatic heterocycles. The van der Waals surface area contributed by atoms with Crippen molar-refractivity contribution in [1.29, 1.82) is 0 Å². The number of para-hydroxylation sites is 2. The van der Waals surface area contributed by atoms with Gasteiger partial charge in [0.15, 0.2) is 11.5 Å². The maximum atomic E-state index is 5.75. The van der Waals surface area contributed by atoms with Crippen LogP contribution < -0.4 is 0 Å². The highest BCUT2D eigenvalue weighted by Gasteiger charge is 2.23. The second-order valence-electron chi connectivity index (χ2n) is 4.77. The van der Waals surface area contributed by atoms with Crippen molar-refractivity contribution in [2.45, 2.75) is 24.1 Å². The maximum absolute atomic E-state index is 5.75. The van der Waals surface area contributed by atoms with Gasteiger partial charge >= 0.3 is 0 Å². The summed E-state index contributed by atoms with van der Waals surface area (Å²) in [5, 5.41) is 0. The van der Waals surface area contributed by atoms with Gasteiger partial charge in [-0.05, 0) is 30.9 Å². The van der Waals surface area contributed by atoms with Crippen LogP contribution in [0.4, 0.5) is 0 Å². The van der Waals surface area contributed by atoms with Crippen molar-refractivity contribution < 1.29 is 9.15 Å². The Morgan fingerprint density at radius 3 is 3.06 bits per heavy atom. The minimum atomic E-state index is 0.380. The third-order valence-corrected chi connectivity index (χ3v) is 4.49. The van der Waals surface area contributed by atoms with Gasteiger partial charge in [-0.15, -0.1) is 0 Å². The van der Waals surface area contributed by atoms with Gasteiger partial charge in [-0.1, -0.05) is 28.1 Å². The number of alkyl halides is 1. The molecule has 0 radical (unpaired) electrons. The van der Waals surface area contributed by atoms with E-state index in [1.165, 1.54) is 6.42 Å². The van der Waals surface area contributed by atoms with Crippen molar-refractivity contribution in [1.82, 2.24) is 4.98 Å². The summed E-state index contributed by atoms with van der Waals surface area (Å²) in [4.78, 5) is 4.89. The highest BCUT2D eigenvalue weighted by molar-refractivity contribution is 9.09. The molecule has 3 nitrogen and oxygen atoms in total. The fraction of sp³-hybridized carbons (Fsp3) is 0.500. The summed E-state index contributed by atoms with van der Waals surface area (Å²) >= 11 is 3.75. The molecule has 1 saturated heterocycles. The quantitative estimate of drug-likeness (QED) is 0.813. The van der Waals surface area contributed by atoms with Crippen molar-refractivity contribution in [3.05, 3.63) is 30.2 Å². The van der Waals surface area contributed by atoms with E-state index in [-0.39, 0.29) is 0 Å². The number of ether oxygens (including phenoxy) is 1. The summed E-state index contributed by atoms with van der Waals surface area (Å²) < 4.78 is 11.3. The highest BCUT2D eigenvalue weighted by Crippen LogP contribution is 2.26. The smallest absolute Gasteiger partial charge is 0.196 e. The number of rotatable bonds is 3. The normalized spacial score (nSPS) is 22.2. The lowest BCUT2D eigenvalue weighted by Crippen LogP contribution is -2.26. The Hall–Kier alpha value is -0.870. The fourth-order valence-electron chi connectivity index (χ4n) is 2.39. The molecule has 1 aliphatic rings. The number of aromatic nitrogens is 1. The Balaban J connectivity index is 1.71. The molecule has 0 amide bonds. The van der Waals surface area contributed by atoms with E-state index in [1.807, 2.05) is 24.3 Å². The Labute approximate surface area is 115 Å². The van der Waals surface area contributed by atoms with Crippen molar-refractivity contribution in [3.8, 4) is 0 Å². The molecule has 0 aliphatic carbocycles. The molecule has 3 rings (SSSR count). The van der Waals surface area contributed by atoms with Crippen LogP contribution in [0.1, 0.15) is 18.7 Å². The molecular weight excluding hydrogens is 294 g/mol. The molecule has 0 N–H and O–H groups in total. The summed E-state index contributed by atoms with van der Waals surface area (Å²) in [6.07, 6.45) is 3.19. The molecule has 2 heterocycles.